The topological polar surface area (TPSA) is 84.1 Å². The van der Waals surface area contributed by atoms with Crippen molar-refractivity contribution < 1.29 is 9.53 Å². The van der Waals surface area contributed by atoms with Crippen molar-refractivity contribution >= 4 is 11.8 Å². The molecular formula is C12H15N3O3. The summed E-state index contributed by atoms with van der Waals surface area (Å²) < 4.78 is 6.26. The van der Waals surface area contributed by atoms with Gasteiger partial charge in [0.2, 0.25) is 0 Å². The predicted molar refractivity (Wildman–Crippen MR) is 66.3 cm³/mol. The van der Waals surface area contributed by atoms with Gasteiger partial charge in [0.05, 0.1) is 5.56 Å². The second kappa shape index (κ2) is 4.92. The summed E-state index contributed by atoms with van der Waals surface area (Å²) in [4.78, 5) is 23.2. The lowest BCUT2D eigenvalue weighted by molar-refractivity contribution is 0.0635. The van der Waals surface area contributed by atoms with Crippen molar-refractivity contribution in [3.05, 3.63) is 28.2 Å². The highest BCUT2D eigenvalue weighted by Crippen LogP contribution is 2.10. The summed E-state index contributed by atoms with van der Waals surface area (Å²) in [6.45, 7) is 5.16. The molecule has 0 spiro atoms. The second-order valence-corrected chi connectivity index (χ2v) is 4.80. The molecule has 0 fully saturated rings. The van der Waals surface area contributed by atoms with Crippen molar-refractivity contribution in [1.29, 1.82) is 5.26 Å². The SMILES string of the molecule is Cn1cc(C#N)cc(NC(=O)OC(C)(C)C)c1=O. The Morgan fingerprint density at radius 2 is 2.11 bits per heavy atom. The number of hydrogen-bond acceptors (Lipinski definition) is 4. The Morgan fingerprint density at radius 1 is 1.50 bits per heavy atom. The van der Waals surface area contributed by atoms with Gasteiger partial charge in [0.25, 0.3) is 5.56 Å². The smallest absolute Gasteiger partial charge is 0.412 e. The third-order valence-electron chi connectivity index (χ3n) is 1.95. The number of pyridine rings is 1. The van der Waals surface area contributed by atoms with Gasteiger partial charge in [-0.1, -0.05) is 0 Å². The van der Waals surface area contributed by atoms with Gasteiger partial charge in [0.1, 0.15) is 17.4 Å². The lowest BCUT2D eigenvalue weighted by Crippen LogP contribution is -2.30. The zero-order valence-corrected chi connectivity index (χ0v) is 10.8. The highest BCUT2D eigenvalue weighted by Gasteiger charge is 2.17. The molecule has 18 heavy (non-hydrogen) atoms. The fraction of sp³-hybridized carbons (Fsp3) is 0.417. The summed E-state index contributed by atoms with van der Waals surface area (Å²) in [6, 6.07) is 3.22. The number of nitriles is 1. The molecule has 0 radical (unpaired) electrons. The van der Waals surface area contributed by atoms with E-state index in [0.717, 1.165) is 0 Å². The first-order valence-electron chi connectivity index (χ1n) is 5.34. The summed E-state index contributed by atoms with van der Waals surface area (Å²) in [6.07, 6.45) is 0.664. The van der Waals surface area contributed by atoms with Crippen LogP contribution in [0.4, 0.5) is 10.5 Å². The van der Waals surface area contributed by atoms with E-state index in [1.807, 2.05) is 6.07 Å². The van der Waals surface area contributed by atoms with Crippen molar-refractivity contribution in [2.75, 3.05) is 5.32 Å². The first-order valence-corrected chi connectivity index (χ1v) is 5.34. The van der Waals surface area contributed by atoms with Crippen molar-refractivity contribution in [2.24, 2.45) is 7.05 Å². The van der Waals surface area contributed by atoms with Gasteiger partial charge in [-0.2, -0.15) is 5.26 Å². The van der Waals surface area contributed by atoms with Crippen LogP contribution in [-0.4, -0.2) is 16.3 Å². The lowest BCUT2D eigenvalue weighted by atomic mass is 10.2. The zero-order valence-electron chi connectivity index (χ0n) is 10.8. The van der Waals surface area contributed by atoms with E-state index in [0.29, 0.717) is 0 Å². The van der Waals surface area contributed by atoms with Crippen molar-refractivity contribution in [2.45, 2.75) is 26.4 Å². The van der Waals surface area contributed by atoms with Gasteiger partial charge >= 0.3 is 6.09 Å². The third-order valence-corrected chi connectivity index (χ3v) is 1.95. The van der Waals surface area contributed by atoms with Gasteiger partial charge in [-0.3, -0.25) is 10.1 Å². The van der Waals surface area contributed by atoms with Crippen LogP contribution in [0.1, 0.15) is 26.3 Å². The summed E-state index contributed by atoms with van der Waals surface area (Å²) in [5.74, 6) is 0. The molecule has 1 rings (SSSR count). The summed E-state index contributed by atoms with van der Waals surface area (Å²) in [5, 5.41) is 11.1. The van der Waals surface area contributed by atoms with Crippen molar-refractivity contribution in [3.63, 3.8) is 0 Å². The molecule has 6 heteroatoms. The van der Waals surface area contributed by atoms with Crippen LogP contribution in [0, 0.1) is 11.3 Å². The molecule has 96 valence electrons. The van der Waals surface area contributed by atoms with E-state index in [9.17, 15) is 9.59 Å². The number of carbonyl (C=O) groups is 1. The number of nitrogens with zero attached hydrogens (tertiary/aromatic N) is 2. The number of ether oxygens (including phenoxy) is 1. The van der Waals surface area contributed by atoms with E-state index in [-0.39, 0.29) is 11.3 Å². The zero-order chi connectivity index (χ0) is 13.9. The van der Waals surface area contributed by atoms with E-state index >= 15 is 0 Å². The highest BCUT2D eigenvalue weighted by atomic mass is 16.6. The minimum absolute atomic E-state index is 0.0193. The quantitative estimate of drug-likeness (QED) is 0.819. The number of nitrogens with one attached hydrogen (secondary N) is 1. The molecule has 0 saturated heterocycles. The number of anilines is 1. The normalized spacial score (nSPS) is 10.6. The maximum Gasteiger partial charge on any atom is 0.412 e. The first kappa shape index (κ1) is 13.8. The molecule has 1 N–H and O–H groups in total. The van der Waals surface area contributed by atoms with E-state index < -0.39 is 17.3 Å². The molecular weight excluding hydrogens is 234 g/mol. The number of rotatable bonds is 1. The molecule has 1 heterocycles. The van der Waals surface area contributed by atoms with Crippen LogP contribution >= 0.6 is 0 Å². The molecule has 0 aliphatic heterocycles. The molecule has 0 unspecified atom stereocenters. The standard InChI is InChI=1S/C12H15N3O3/c1-12(2,3)18-11(17)14-9-5-8(6-13)7-15(4)10(9)16/h5,7H,1-4H3,(H,14,17). The van der Waals surface area contributed by atoms with Crippen LogP contribution < -0.4 is 10.9 Å². The molecule has 1 amide bonds. The molecule has 0 aliphatic carbocycles. The fourth-order valence-electron chi connectivity index (χ4n) is 1.28. The molecule has 1 aromatic heterocycles. The molecule has 0 aromatic carbocycles. The van der Waals surface area contributed by atoms with Gasteiger partial charge in [0.15, 0.2) is 0 Å². The molecule has 0 bridgehead atoms. The largest absolute Gasteiger partial charge is 0.444 e. The van der Waals surface area contributed by atoms with Crippen LogP contribution in [0.3, 0.4) is 0 Å². The Kier molecular flexibility index (Phi) is 3.76. The Bertz CT molecular complexity index is 561. The fourth-order valence-corrected chi connectivity index (χ4v) is 1.28. The summed E-state index contributed by atoms with van der Waals surface area (Å²) in [5.41, 5.74) is -0.754. The van der Waals surface area contributed by atoms with Crippen LogP contribution in [0.5, 0.6) is 0 Å². The van der Waals surface area contributed by atoms with Gasteiger partial charge in [-0.15, -0.1) is 0 Å². The Hall–Kier alpha value is -2.29. The van der Waals surface area contributed by atoms with E-state index in [2.05, 4.69) is 5.32 Å². The Labute approximate surface area is 105 Å². The average molecular weight is 249 g/mol. The van der Waals surface area contributed by atoms with Gasteiger partial charge in [0, 0.05) is 13.2 Å². The van der Waals surface area contributed by atoms with Crippen LogP contribution in [-0.2, 0) is 11.8 Å². The second-order valence-electron chi connectivity index (χ2n) is 4.80. The maximum atomic E-state index is 11.7. The van der Waals surface area contributed by atoms with Gasteiger partial charge in [-0.05, 0) is 26.8 Å². The van der Waals surface area contributed by atoms with E-state index in [1.54, 1.807) is 20.8 Å². The highest BCUT2D eigenvalue weighted by molar-refractivity contribution is 5.84. The van der Waals surface area contributed by atoms with Crippen LogP contribution in [0.25, 0.3) is 0 Å². The number of aromatic nitrogens is 1. The third kappa shape index (κ3) is 3.63. The lowest BCUT2D eigenvalue weighted by Gasteiger charge is -2.19. The monoisotopic (exact) mass is 249 g/mol. The molecule has 0 saturated carbocycles. The summed E-state index contributed by atoms with van der Waals surface area (Å²) >= 11 is 0. The van der Waals surface area contributed by atoms with Crippen molar-refractivity contribution in [1.82, 2.24) is 4.57 Å². The number of carbonyl (C=O) groups excluding carboxylic acids is 1. The molecule has 0 atom stereocenters. The van der Waals surface area contributed by atoms with E-state index in [4.69, 9.17) is 10.00 Å². The van der Waals surface area contributed by atoms with Crippen LogP contribution in [0.15, 0.2) is 17.1 Å². The Morgan fingerprint density at radius 3 is 2.61 bits per heavy atom. The average Bonchev–Trinajstić information content (AvgIpc) is 2.21. The minimum Gasteiger partial charge on any atom is -0.444 e. The number of amides is 1. The van der Waals surface area contributed by atoms with Gasteiger partial charge < -0.3 is 9.30 Å². The van der Waals surface area contributed by atoms with Crippen LogP contribution in [0.2, 0.25) is 0 Å². The maximum absolute atomic E-state index is 11.7. The first-order chi connectivity index (χ1) is 8.23. The number of aryl methyl sites for hydroxylation is 1. The Balaban J connectivity index is 2.99. The van der Waals surface area contributed by atoms with Crippen molar-refractivity contribution in [3.8, 4) is 6.07 Å². The minimum atomic E-state index is -0.727. The van der Waals surface area contributed by atoms with Gasteiger partial charge in [-0.25, -0.2) is 4.79 Å². The molecule has 0 aliphatic rings. The number of hydrogen-bond donors (Lipinski definition) is 1. The molecule has 6 nitrogen and oxygen atoms in total. The van der Waals surface area contributed by atoms with E-state index in [1.165, 1.54) is 23.9 Å². The summed E-state index contributed by atoms with van der Waals surface area (Å²) in [7, 11) is 1.50. The predicted octanol–water partition coefficient (Wildman–Crippen LogP) is 1.60. The molecule has 1 aromatic rings.